The second-order valence-corrected chi connectivity index (χ2v) is 9.97. The third-order valence-corrected chi connectivity index (χ3v) is 6.66. The molecule has 0 radical (unpaired) electrons. The lowest BCUT2D eigenvalue weighted by Gasteiger charge is -2.47. The standard InChI is InChI=1S/C27H35NO5.H2/c1-18(2)32-24-17-27(33-22-9-7-6-8-20(22)24)12-14-28(15-13-27)25(29)19-10-11-21(26(3,4)30)23(16-19)31-5;/h6-11,16,18,24,30H,12-15,17H2,1-5H3;1H/t24-;/m0./s1. The molecule has 1 amide bonds. The first-order valence-electron chi connectivity index (χ1n) is 11.8. The maximum atomic E-state index is 13.3. The summed E-state index contributed by atoms with van der Waals surface area (Å²) in [6, 6.07) is 13.4. The summed E-state index contributed by atoms with van der Waals surface area (Å²) in [6.07, 6.45) is 2.42. The molecule has 1 fully saturated rings. The van der Waals surface area contributed by atoms with Gasteiger partial charge in [-0.3, -0.25) is 4.79 Å². The van der Waals surface area contributed by atoms with E-state index in [0.29, 0.717) is 30.0 Å². The van der Waals surface area contributed by atoms with Crippen molar-refractivity contribution in [2.45, 2.75) is 70.4 Å². The number of benzene rings is 2. The molecule has 180 valence electrons. The zero-order chi connectivity index (χ0) is 23.8. The highest BCUT2D eigenvalue weighted by molar-refractivity contribution is 5.95. The summed E-state index contributed by atoms with van der Waals surface area (Å²) < 4.78 is 18.2. The molecule has 2 aromatic carbocycles. The van der Waals surface area contributed by atoms with Gasteiger partial charge >= 0.3 is 0 Å². The minimum atomic E-state index is -1.05. The number of nitrogens with zero attached hydrogens (tertiary/aromatic N) is 1. The van der Waals surface area contributed by atoms with E-state index in [-0.39, 0.29) is 25.1 Å². The van der Waals surface area contributed by atoms with Crippen LogP contribution in [0.25, 0.3) is 0 Å². The summed E-state index contributed by atoms with van der Waals surface area (Å²) in [5.41, 5.74) is 0.950. The fourth-order valence-electron chi connectivity index (χ4n) is 4.95. The minimum Gasteiger partial charge on any atom is -0.496 e. The van der Waals surface area contributed by atoms with Gasteiger partial charge in [-0.15, -0.1) is 0 Å². The second-order valence-electron chi connectivity index (χ2n) is 9.97. The molecule has 2 aliphatic heterocycles. The Morgan fingerprint density at radius 3 is 2.55 bits per heavy atom. The largest absolute Gasteiger partial charge is 0.496 e. The monoisotopic (exact) mass is 455 g/mol. The molecule has 0 saturated carbocycles. The van der Waals surface area contributed by atoms with Crippen LogP contribution in [-0.2, 0) is 10.3 Å². The van der Waals surface area contributed by atoms with E-state index in [0.717, 1.165) is 30.6 Å². The molecule has 1 spiro atoms. The van der Waals surface area contributed by atoms with E-state index in [4.69, 9.17) is 14.2 Å². The highest BCUT2D eigenvalue weighted by Crippen LogP contribution is 2.46. The Labute approximate surface area is 197 Å². The van der Waals surface area contributed by atoms with Gasteiger partial charge in [-0.1, -0.05) is 24.3 Å². The van der Waals surface area contributed by atoms with Crippen LogP contribution >= 0.6 is 0 Å². The highest BCUT2D eigenvalue weighted by atomic mass is 16.5. The van der Waals surface area contributed by atoms with Crippen LogP contribution in [0, 0.1) is 0 Å². The molecule has 33 heavy (non-hydrogen) atoms. The molecule has 0 aliphatic carbocycles. The van der Waals surface area contributed by atoms with E-state index < -0.39 is 5.60 Å². The predicted molar refractivity (Wildman–Crippen MR) is 129 cm³/mol. The maximum Gasteiger partial charge on any atom is 0.253 e. The van der Waals surface area contributed by atoms with Gasteiger partial charge in [-0.25, -0.2) is 0 Å². The lowest BCUT2D eigenvalue weighted by atomic mass is 9.81. The molecule has 0 aromatic heterocycles. The molecule has 0 bridgehead atoms. The Hall–Kier alpha value is -2.57. The number of methoxy groups -OCH3 is 1. The van der Waals surface area contributed by atoms with Gasteiger partial charge in [-0.2, -0.15) is 0 Å². The fourth-order valence-corrected chi connectivity index (χ4v) is 4.95. The number of aliphatic hydroxyl groups is 1. The van der Waals surface area contributed by atoms with Crippen LogP contribution in [0.15, 0.2) is 42.5 Å². The molecular weight excluding hydrogens is 418 g/mol. The third kappa shape index (κ3) is 4.87. The average Bonchev–Trinajstić information content (AvgIpc) is 2.77. The maximum absolute atomic E-state index is 13.3. The average molecular weight is 456 g/mol. The number of rotatable bonds is 5. The van der Waals surface area contributed by atoms with Gasteiger partial charge in [0, 0.05) is 50.5 Å². The number of piperidine rings is 1. The highest BCUT2D eigenvalue weighted by Gasteiger charge is 2.44. The summed E-state index contributed by atoms with van der Waals surface area (Å²) in [5, 5.41) is 10.4. The summed E-state index contributed by atoms with van der Waals surface area (Å²) in [6.45, 7) is 8.76. The van der Waals surface area contributed by atoms with Crippen molar-refractivity contribution in [1.29, 1.82) is 0 Å². The minimum absolute atomic E-state index is 0. The lowest BCUT2D eigenvalue weighted by Crippen LogP contribution is -2.52. The first kappa shape index (κ1) is 23.6. The number of hydrogen-bond donors (Lipinski definition) is 1. The van der Waals surface area contributed by atoms with Gasteiger partial charge in [0.1, 0.15) is 17.1 Å². The molecule has 2 heterocycles. The van der Waals surface area contributed by atoms with Crippen LogP contribution in [0.3, 0.4) is 0 Å². The zero-order valence-corrected chi connectivity index (χ0v) is 20.3. The normalized spacial score (nSPS) is 19.8. The molecule has 4 rings (SSSR count). The number of hydrogen-bond acceptors (Lipinski definition) is 5. The van der Waals surface area contributed by atoms with Gasteiger partial charge in [0.15, 0.2) is 0 Å². The van der Waals surface area contributed by atoms with Crippen LogP contribution in [0.2, 0.25) is 0 Å². The van der Waals surface area contributed by atoms with Crippen molar-refractivity contribution in [3.63, 3.8) is 0 Å². The van der Waals surface area contributed by atoms with Gasteiger partial charge in [0.25, 0.3) is 5.91 Å². The van der Waals surface area contributed by atoms with Crippen molar-refractivity contribution >= 4 is 5.91 Å². The molecule has 6 nitrogen and oxygen atoms in total. The summed E-state index contributed by atoms with van der Waals surface area (Å²) >= 11 is 0. The van der Waals surface area contributed by atoms with Crippen LogP contribution in [-0.4, -0.2) is 47.8 Å². The SMILES string of the molecule is COc1cc(C(=O)N2CCC3(CC2)C[C@H](OC(C)C)c2ccccc2O3)ccc1C(C)(C)O.[HH]. The molecule has 1 atom stereocenters. The fraction of sp³-hybridized carbons (Fsp3) is 0.519. The molecule has 0 unspecified atom stereocenters. The van der Waals surface area contributed by atoms with E-state index in [1.165, 1.54) is 0 Å². The molecule has 2 aromatic rings. The quantitative estimate of drug-likeness (QED) is 0.680. The molecule has 2 aliphatic rings. The predicted octanol–water partition coefficient (Wildman–Crippen LogP) is 5.09. The first-order chi connectivity index (χ1) is 15.6. The number of carbonyl (C=O) groups is 1. The topological polar surface area (TPSA) is 68.2 Å². The second kappa shape index (κ2) is 8.99. The van der Waals surface area contributed by atoms with Crippen molar-refractivity contribution in [2.75, 3.05) is 20.2 Å². The summed E-state index contributed by atoms with van der Waals surface area (Å²) in [7, 11) is 1.55. The van der Waals surface area contributed by atoms with Crippen LogP contribution in [0.4, 0.5) is 0 Å². The van der Waals surface area contributed by atoms with Gasteiger partial charge in [-0.05, 0) is 45.9 Å². The van der Waals surface area contributed by atoms with Gasteiger partial charge in [0.05, 0.1) is 24.9 Å². The van der Waals surface area contributed by atoms with Crippen LogP contribution in [0.1, 0.15) is 76.0 Å². The van der Waals surface area contributed by atoms with Crippen LogP contribution < -0.4 is 9.47 Å². The molecule has 6 heteroatoms. The van der Waals surface area contributed by atoms with Crippen molar-refractivity contribution < 1.29 is 25.5 Å². The van der Waals surface area contributed by atoms with Crippen molar-refractivity contribution in [3.8, 4) is 11.5 Å². The van der Waals surface area contributed by atoms with Crippen molar-refractivity contribution in [1.82, 2.24) is 4.90 Å². The molecular formula is C27H37NO5. The van der Waals surface area contributed by atoms with E-state index in [9.17, 15) is 9.90 Å². The van der Waals surface area contributed by atoms with E-state index in [1.807, 2.05) is 23.1 Å². The number of carbonyl (C=O) groups excluding carboxylic acids is 1. The Morgan fingerprint density at radius 2 is 1.91 bits per heavy atom. The Balaban J connectivity index is 0.00000324. The smallest absolute Gasteiger partial charge is 0.253 e. The van der Waals surface area contributed by atoms with Gasteiger partial charge < -0.3 is 24.2 Å². The lowest BCUT2D eigenvalue weighted by molar-refractivity contribution is -0.0872. The summed E-state index contributed by atoms with van der Waals surface area (Å²) in [5.74, 6) is 1.38. The van der Waals surface area contributed by atoms with Crippen LogP contribution in [0.5, 0.6) is 11.5 Å². The van der Waals surface area contributed by atoms with E-state index in [1.54, 1.807) is 39.2 Å². The Morgan fingerprint density at radius 1 is 1.21 bits per heavy atom. The van der Waals surface area contributed by atoms with Crippen molar-refractivity contribution in [2.24, 2.45) is 0 Å². The number of fused-ring (bicyclic) bond motifs is 1. The first-order valence-corrected chi connectivity index (χ1v) is 11.8. The number of para-hydroxylation sites is 1. The number of likely N-dealkylation sites (tertiary alicyclic amines) is 1. The molecule has 1 saturated heterocycles. The Kier molecular flexibility index (Phi) is 6.43. The van der Waals surface area contributed by atoms with Gasteiger partial charge in [0.2, 0.25) is 0 Å². The van der Waals surface area contributed by atoms with E-state index in [2.05, 4.69) is 19.9 Å². The number of ether oxygens (including phenoxy) is 3. The summed E-state index contributed by atoms with van der Waals surface area (Å²) in [4.78, 5) is 15.1. The molecule has 1 N–H and O–H groups in total. The van der Waals surface area contributed by atoms with Crippen molar-refractivity contribution in [3.05, 3.63) is 59.2 Å². The third-order valence-electron chi connectivity index (χ3n) is 6.66. The number of amides is 1. The zero-order valence-electron chi connectivity index (χ0n) is 20.3. The van der Waals surface area contributed by atoms with E-state index >= 15 is 0 Å². The Bertz CT molecular complexity index is 1010.